The van der Waals surface area contributed by atoms with E-state index in [-0.39, 0.29) is 6.61 Å². The van der Waals surface area contributed by atoms with Crippen molar-refractivity contribution in [2.75, 3.05) is 20.2 Å². The van der Waals surface area contributed by atoms with Gasteiger partial charge in [0.1, 0.15) is 0 Å². The summed E-state index contributed by atoms with van der Waals surface area (Å²) in [7, 11) is 2.16. The quantitative estimate of drug-likeness (QED) is 0.828. The number of hydrogen-bond donors (Lipinski definition) is 1. The first-order chi connectivity index (χ1) is 9.78. The first kappa shape index (κ1) is 15.3. The van der Waals surface area contributed by atoms with Crippen LogP contribution in [-0.4, -0.2) is 30.2 Å². The highest BCUT2D eigenvalue weighted by atomic mass is 32.1. The van der Waals surface area contributed by atoms with E-state index < -0.39 is 0 Å². The highest BCUT2D eigenvalue weighted by Crippen LogP contribution is 2.17. The average molecular weight is 305 g/mol. The van der Waals surface area contributed by atoms with Crippen molar-refractivity contribution in [3.63, 3.8) is 0 Å². The van der Waals surface area contributed by atoms with E-state index >= 15 is 0 Å². The van der Waals surface area contributed by atoms with Gasteiger partial charge in [0.2, 0.25) is 0 Å². The number of rotatable bonds is 6. The second kappa shape index (κ2) is 8.23. The van der Waals surface area contributed by atoms with E-state index in [0.29, 0.717) is 6.42 Å². The zero-order valence-electron chi connectivity index (χ0n) is 11.6. The molecule has 0 radical (unpaired) electrons. The summed E-state index contributed by atoms with van der Waals surface area (Å²) in [5.74, 6) is 6.05. The second-order valence-corrected chi connectivity index (χ2v) is 6.81. The van der Waals surface area contributed by atoms with Gasteiger partial charge in [0.05, 0.1) is 11.5 Å². The Labute approximate surface area is 128 Å². The summed E-state index contributed by atoms with van der Waals surface area (Å²) in [4.78, 5) is 6.21. The Bertz CT molecular complexity index is 563. The lowest BCUT2D eigenvalue weighted by atomic mass is 10.3. The number of aliphatic hydroxyl groups is 1. The fourth-order valence-corrected chi connectivity index (χ4v) is 3.50. The molecule has 1 N–H and O–H groups in total. The molecule has 0 aliphatic carbocycles. The van der Waals surface area contributed by atoms with Gasteiger partial charge in [0.25, 0.3) is 0 Å². The van der Waals surface area contributed by atoms with Crippen LogP contribution in [0.3, 0.4) is 0 Å². The van der Waals surface area contributed by atoms with Gasteiger partial charge in [-0.15, -0.1) is 22.7 Å². The molecular weight excluding hydrogens is 286 g/mol. The first-order valence-corrected chi connectivity index (χ1v) is 8.37. The summed E-state index contributed by atoms with van der Waals surface area (Å²) < 4.78 is 0. The van der Waals surface area contributed by atoms with Gasteiger partial charge in [-0.2, -0.15) is 0 Å². The lowest BCUT2D eigenvalue weighted by Gasteiger charge is -2.14. The van der Waals surface area contributed by atoms with Gasteiger partial charge in [0, 0.05) is 29.3 Å². The van der Waals surface area contributed by atoms with Crippen LogP contribution >= 0.6 is 22.7 Å². The third kappa shape index (κ3) is 5.10. The topological polar surface area (TPSA) is 23.5 Å². The molecule has 0 fully saturated rings. The number of nitrogens with zero attached hydrogens (tertiary/aromatic N) is 1. The molecule has 4 heteroatoms. The highest BCUT2D eigenvalue weighted by Gasteiger charge is 2.04. The summed E-state index contributed by atoms with van der Waals surface area (Å²) in [5, 5.41) is 10.8. The lowest BCUT2D eigenvalue weighted by Crippen LogP contribution is -2.19. The third-order valence-corrected chi connectivity index (χ3v) is 4.78. The van der Waals surface area contributed by atoms with Crippen LogP contribution in [-0.2, 0) is 13.0 Å². The molecule has 2 nitrogen and oxygen atoms in total. The Morgan fingerprint density at radius 1 is 1.25 bits per heavy atom. The minimum atomic E-state index is 0.136. The number of likely N-dealkylation sites (N-methyl/N-ethyl adjacent to an activating group) is 1. The van der Waals surface area contributed by atoms with Crippen LogP contribution in [0, 0.1) is 11.8 Å². The molecule has 0 aromatic carbocycles. The summed E-state index contributed by atoms with van der Waals surface area (Å²) >= 11 is 3.56. The molecule has 0 saturated heterocycles. The molecule has 0 aliphatic rings. The number of hydrogen-bond acceptors (Lipinski definition) is 4. The van der Waals surface area contributed by atoms with Crippen LogP contribution in [0.15, 0.2) is 29.6 Å². The fraction of sp³-hybridized carbons (Fsp3) is 0.375. The van der Waals surface area contributed by atoms with Crippen molar-refractivity contribution in [3.8, 4) is 11.8 Å². The molecular formula is C16H19NOS2. The van der Waals surface area contributed by atoms with Crippen LogP contribution in [0.4, 0.5) is 0 Å². The molecule has 0 saturated carbocycles. The maximum atomic E-state index is 8.70. The van der Waals surface area contributed by atoms with Gasteiger partial charge >= 0.3 is 0 Å². The van der Waals surface area contributed by atoms with E-state index in [4.69, 9.17) is 5.11 Å². The predicted molar refractivity (Wildman–Crippen MR) is 87.3 cm³/mol. The van der Waals surface area contributed by atoms with Crippen molar-refractivity contribution in [1.29, 1.82) is 0 Å². The minimum absolute atomic E-state index is 0.136. The van der Waals surface area contributed by atoms with E-state index in [0.717, 1.165) is 24.4 Å². The van der Waals surface area contributed by atoms with Gasteiger partial charge in [-0.25, -0.2) is 0 Å². The van der Waals surface area contributed by atoms with Crippen molar-refractivity contribution in [2.24, 2.45) is 0 Å². The molecule has 106 valence electrons. The lowest BCUT2D eigenvalue weighted by molar-refractivity contribution is 0.305. The van der Waals surface area contributed by atoms with Gasteiger partial charge in [-0.1, -0.05) is 17.9 Å². The molecule has 0 bridgehead atoms. The Hall–Kier alpha value is -1.12. The highest BCUT2D eigenvalue weighted by molar-refractivity contribution is 7.12. The molecule has 0 aliphatic heterocycles. The van der Waals surface area contributed by atoms with E-state index in [1.54, 1.807) is 11.3 Å². The maximum absolute atomic E-state index is 8.70. The van der Waals surface area contributed by atoms with Crippen molar-refractivity contribution in [1.82, 2.24) is 4.90 Å². The van der Waals surface area contributed by atoms with Crippen molar-refractivity contribution < 1.29 is 5.11 Å². The van der Waals surface area contributed by atoms with E-state index in [1.165, 1.54) is 9.75 Å². The summed E-state index contributed by atoms with van der Waals surface area (Å²) in [5.41, 5.74) is 0. The maximum Gasteiger partial charge on any atom is 0.0771 e. The molecule has 2 rings (SSSR count). The van der Waals surface area contributed by atoms with Crippen LogP contribution < -0.4 is 0 Å². The third-order valence-electron chi connectivity index (χ3n) is 2.86. The number of aliphatic hydroxyl groups excluding tert-OH is 1. The zero-order chi connectivity index (χ0) is 14.2. The molecule has 0 atom stereocenters. The van der Waals surface area contributed by atoms with Crippen molar-refractivity contribution in [2.45, 2.75) is 19.4 Å². The van der Waals surface area contributed by atoms with E-state index in [1.807, 2.05) is 11.3 Å². The fourth-order valence-electron chi connectivity index (χ4n) is 1.84. The Morgan fingerprint density at radius 3 is 2.90 bits per heavy atom. The molecule has 0 unspecified atom stereocenters. The van der Waals surface area contributed by atoms with E-state index in [9.17, 15) is 0 Å². The Morgan fingerprint density at radius 2 is 2.15 bits per heavy atom. The normalized spacial score (nSPS) is 10.6. The second-order valence-electron chi connectivity index (χ2n) is 4.61. The van der Waals surface area contributed by atoms with Gasteiger partial charge < -0.3 is 10.0 Å². The standard InChI is InChI=1S/C16H19NOS2/c1-17(10-9-14-6-4-12-19-14)13-16-8-7-15(20-16)5-2-3-11-18/h4,6-8,12,18H,3,9-11,13H2,1H3. The van der Waals surface area contributed by atoms with Crippen molar-refractivity contribution in [3.05, 3.63) is 44.3 Å². The van der Waals surface area contributed by atoms with Gasteiger partial charge in [-0.05, 0) is 37.0 Å². The average Bonchev–Trinajstić information content (AvgIpc) is 3.08. The molecule has 2 aromatic heterocycles. The predicted octanol–water partition coefficient (Wildman–Crippen LogP) is 3.22. The minimum Gasteiger partial charge on any atom is -0.395 e. The molecule has 0 amide bonds. The molecule has 2 aromatic rings. The van der Waals surface area contributed by atoms with Crippen molar-refractivity contribution >= 4 is 22.7 Å². The largest absolute Gasteiger partial charge is 0.395 e. The van der Waals surface area contributed by atoms with Crippen LogP contribution in [0.5, 0.6) is 0 Å². The first-order valence-electron chi connectivity index (χ1n) is 6.67. The van der Waals surface area contributed by atoms with Gasteiger partial charge in [0.15, 0.2) is 0 Å². The summed E-state index contributed by atoms with van der Waals surface area (Å²) in [6.07, 6.45) is 1.66. The SMILES string of the molecule is CN(CCc1cccs1)Cc1ccc(C#CCCO)s1. The number of thiophene rings is 2. The van der Waals surface area contributed by atoms with Crippen LogP contribution in [0.25, 0.3) is 0 Å². The zero-order valence-corrected chi connectivity index (χ0v) is 13.3. The van der Waals surface area contributed by atoms with Crippen LogP contribution in [0.1, 0.15) is 21.1 Å². The molecule has 0 spiro atoms. The summed E-state index contributed by atoms with van der Waals surface area (Å²) in [6.45, 7) is 2.18. The molecule has 2 heterocycles. The summed E-state index contributed by atoms with van der Waals surface area (Å²) in [6, 6.07) is 8.52. The van der Waals surface area contributed by atoms with Crippen LogP contribution in [0.2, 0.25) is 0 Å². The van der Waals surface area contributed by atoms with E-state index in [2.05, 4.69) is 53.4 Å². The van der Waals surface area contributed by atoms with Gasteiger partial charge in [-0.3, -0.25) is 0 Å². The Balaban J connectivity index is 1.79. The Kier molecular flexibility index (Phi) is 6.28. The monoisotopic (exact) mass is 305 g/mol. The molecule has 20 heavy (non-hydrogen) atoms. The smallest absolute Gasteiger partial charge is 0.0771 e.